The van der Waals surface area contributed by atoms with Crippen molar-refractivity contribution in [3.05, 3.63) is 24.0 Å². The molecule has 0 radical (unpaired) electrons. The Labute approximate surface area is 83.3 Å². The van der Waals surface area contributed by atoms with Crippen LogP contribution in [0.15, 0.2) is 18.3 Å². The minimum atomic E-state index is 0.439. The Morgan fingerprint density at radius 3 is 2.93 bits per heavy atom. The van der Waals surface area contributed by atoms with E-state index in [1.807, 2.05) is 12.1 Å². The van der Waals surface area contributed by atoms with Crippen molar-refractivity contribution < 1.29 is 4.74 Å². The molecule has 0 saturated carbocycles. The van der Waals surface area contributed by atoms with Crippen molar-refractivity contribution in [1.29, 1.82) is 5.26 Å². The fourth-order valence-corrected chi connectivity index (χ4v) is 0.958. The van der Waals surface area contributed by atoms with E-state index in [0.717, 1.165) is 17.9 Å². The van der Waals surface area contributed by atoms with E-state index in [1.54, 1.807) is 6.20 Å². The number of hydrogen-bond acceptors (Lipinski definition) is 4. The number of aromatic nitrogens is 1. The molecule has 1 rings (SSSR count). The number of nitrogens with zero attached hydrogens (tertiary/aromatic N) is 2. The van der Waals surface area contributed by atoms with Gasteiger partial charge in [0.2, 0.25) is 0 Å². The molecule has 4 nitrogen and oxygen atoms in total. The Morgan fingerprint density at radius 1 is 1.50 bits per heavy atom. The molecule has 1 heterocycles. The number of pyridine rings is 1. The molecule has 0 saturated heterocycles. The predicted octanol–water partition coefficient (Wildman–Crippen LogP) is 1.22. The molecule has 74 valence electrons. The molecule has 1 aromatic rings. The molecule has 0 atom stereocenters. The Kier molecular flexibility index (Phi) is 4.45. The summed E-state index contributed by atoms with van der Waals surface area (Å²) in [5, 5.41) is 8.30. The molecule has 1 aromatic heterocycles. The summed E-state index contributed by atoms with van der Waals surface area (Å²) in [5.74, 6) is 0.722. The van der Waals surface area contributed by atoms with E-state index in [0.29, 0.717) is 19.6 Å². The van der Waals surface area contributed by atoms with Crippen LogP contribution in [0.1, 0.15) is 18.5 Å². The van der Waals surface area contributed by atoms with Crippen molar-refractivity contribution >= 4 is 0 Å². The lowest BCUT2D eigenvalue weighted by Gasteiger charge is -2.04. The van der Waals surface area contributed by atoms with E-state index in [2.05, 4.69) is 11.1 Å². The molecule has 0 fully saturated rings. The second-order valence-electron chi connectivity index (χ2n) is 2.80. The summed E-state index contributed by atoms with van der Waals surface area (Å²) in [7, 11) is 0. The van der Waals surface area contributed by atoms with Crippen LogP contribution in [-0.2, 0) is 6.54 Å². The summed E-state index contributed by atoms with van der Waals surface area (Å²) in [6, 6.07) is 5.73. The maximum atomic E-state index is 8.30. The normalized spacial score (nSPS) is 9.43. The standard InChI is InChI=1S/C10H13N3O/c11-5-1-2-6-14-10-4-3-9(7-12)13-8-10/h3-4,8H,1-2,6-7,12H2. The first-order chi connectivity index (χ1) is 6.86. The lowest BCUT2D eigenvalue weighted by Crippen LogP contribution is -2.01. The second kappa shape index (κ2) is 5.95. The summed E-state index contributed by atoms with van der Waals surface area (Å²) < 4.78 is 5.35. The van der Waals surface area contributed by atoms with Gasteiger partial charge >= 0.3 is 0 Å². The predicted molar refractivity (Wildman–Crippen MR) is 52.5 cm³/mol. The van der Waals surface area contributed by atoms with E-state index in [9.17, 15) is 0 Å². The zero-order valence-corrected chi connectivity index (χ0v) is 7.94. The van der Waals surface area contributed by atoms with Gasteiger partial charge in [0.1, 0.15) is 5.75 Å². The highest BCUT2D eigenvalue weighted by Gasteiger charge is 1.94. The maximum absolute atomic E-state index is 8.30. The van der Waals surface area contributed by atoms with E-state index >= 15 is 0 Å². The Morgan fingerprint density at radius 2 is 2.36 bits per heavy atom. The van der Waals surface area contributed by atoms with Gasteiger partial charge in [0.15, 0.2) is 0 Å². The Bertz CT molecular complexity index is 302. The largest absolute Gasteiger partial charge is 0.492 e. The number of hydrogen-bond donors (Lipinski definition) is 1. The van der Waals surface area contributed by atoms with Crippen LogP contribution in [0.3, 0.4) is 0 Å². The lowest BCUT2D eigenvalue weighted by molar-refractivity contribution is 0.311. The number of nitrogens with two attached hydrogens (primary N) is 1. The molecular formula is C10H13N3O. The van der Waals surface area contributed by atoms with Gasteiger partial charge in [0.05, 0.1) is 24.6 Å². The van der Waals surface area contributed by atoms with Crippen molar-refractivity contribution in [3.63, 3.8) is 0 Å². The van der Waals surface area contributed by atoms with Crippen LogP contribution < -0.4 is 10.5 Å². The van der Waals surface area contributed by atoms with Gasteiger partial charge in [-0.1, -0.05) is 0 Å². The molecule has 4 heteroatoms. The fourth-order valence-electron chi connectivity index (χ4n) is 0.958. The summed E-state index contributed by atoms with van der Waals surface area (Å²) in [4.78, 5) is 4.08. The minimum Gasteiger partial charge on any atom is -0.492 e. The van der Waals surface area contributed by atoms with E-state index in [-0.39, 0.29) is 0 Å². The van der Waals surface area contributed by atoms with Gasteiger partial charge in [0, 0.05) is 13.0 Å². The summed E-state index contributed by atoms with van der Waals surface area (Å²) >= 11 is 0. The monoisotopic (exact) mass is 191 g/mol. The second-order valence-corrected chi connectivity index (χ2v) is 2.80. The number of ether oxygens (including phenoxy) is 1. The Hall–Kier alpha value is -1.60. The zero-order chi connectivity index (χ0) is 10.2. The zero-order valence-electron chi connectivity index (χ0n) is 7.94. The Balaban J connectivity index is 2.33. The van der Waals surface area contributed by atoms with Gasteiger partial charge in [-0.25, -0.2) is 0 Å². The molecule has 14 heavy (non-hydrogen) atoms. The number of unbranched alkanes of at least 4 members (excludes halogenated alkanes) is 1. The van der Waals surface area contributed by atoms with Crippen LogP contribution in [0.2, 0.25) is 0 Å². The fraction of sp³-hybridized carbons (Fsp3) is 0.400. The molecular weight excluding hydrogens is 178 g/mol. The first-order valence-electron chi connectivity index (χ1n) is 4.51. The molecule has 0 bridgehead atoms. The van der Waals surface area contributed by atoms with Crippen LogP contribution >= 0.6 is 0 Å². The average molecular weight is 191 g/mol. The molecule has 0 aliphatic rings. The van der Waals surface area contributed by atoms with Gasteiger partial charge in [-0.05, 0) is 18.6 Å². The van der Waals surface area contributed by atoms with Crippen LogP contribution in [0.5, 0.6) is 5.75 Å². The molecule has 0 amide bonds. The van der Waals surface area contributed by atoms with Crippen LogP contribution in [-0.4, -0.2) is 11.6 Å². The van der Waals surface area contributed by atoms with Crippen molar-refractivity contribution in [1.82, 2.24) is 4.98 Å². The smallest absolute Gasteiger partial charge is 0.137 e. The minimum absolute atomic E-state index is 0.439. The molecule has 0 spiro atoms. The molecule has 0 aromatic carbocycles. The highest BCUT2D eigenvalue weighted by atomic mass is 16.5. The number of rotatable bonds is 5. The van der Waals surface area contributed by atoms with E-state index in [4.69, 9.17) is 15.7 Å². The van der Waals surface area contributed by atoms with Crippen LogP contribution in [0.4, 0.5) is 0 Å². The van der Waals surface area contributed by atoms with Crippen molar-refractivity contribution in [2.24, 2.45) is 5.73 Å². The topological polar surface area (TPSA) is 71.9 Å². The summed E-state index contributed by atoms with van der Waals surface area (Å²) in [5.41, 5.74) is 6.24. The van der Waals surface area contributed by atoms with Gasteiger partial charge < -0.3 is 10.5 Å². The van der Waals surface area contributed by atoms with Gasteiger partial charge in [-0.15, -0.1) is 0 Å². The molecule has 2 N–H and O–H groups in total. The molecule has 0 aliphatic heterocycles. The van der Waals surface area contributed by atoms with Crippen LogP contribution in [0, 0.1) is 11.3 Å². The van der Waals surface area contributed by atoms with Gasteiger partial charge in [-0.2, -0.15) is 5.26 Å². The quantitative estimate of drug-likeness (QED) is 0.710. The summed E-state index contributed by atoms with van der Waals surface area (Å²) in [6.07, 6.45) is 2.91. The SMILES string of the molecule is N#CCCCOc1ccc(CN)nc1. The van der Waals surface area contributed by atoms with Gasteiger partial charge in [-0.3, -0.25) is 4.98 Å². The highest BCUT2D eigenvalue weighted by molar-refractivity contribution is 5.19. The van der Waals surface area contributed by atoms with Crippen LogP contribution in [0.25, 0.3) is 0 Å². The maximum Gasteiger partial charge on any atom is 0.137 e. The van der Waals surface area contributed by atoms with E-state index < -0.39 is 0 Å². The van der Waals surface area contributed by atoms with Gasteiger partial charge in [0.25, 0.3) is 0 Å². The molecule has 0 unspecified atom stereocenters. The van der Waals surface area contributed by atoms with Crippen molar-refractivity contribution in [2.75, 3.05) is 6.61 Å². The van der Waals surface area contributed by atoms with Crippen molar-refractivity contribution in [2.45, 2.75) is 19.4 Å². The molecule has 0 aliphatic carbocycles. The third-order valence-electron chi connectivity index (χ3n) is 1.71. The third-order valence-corrected chi connectivity index (χ3v) is 1.71. The first-order valence-corrected chi connectivity index (χ1v) is 4.51. The van der Waals surface area contributed by atoms with Crippen molar-refractivity contribution in [3.8, 4) is 11.8 Å². The number of nitriles is 1. The van der Waals surface area contributed by atoms with E-state index in [1.165, 1.54) is 0 Å². The third kappa shape index (κ3) is 3.42. The summed E-state index contributed by atoms with van der Waals surface area (Å²) in [6.45, 7) is 0.992. The first kappa shape index (κ1) is 10.5. The lowest BCUT2D eigenvalue weighted by atomic mass is 10.3. The highest BCUT2D eigenvalue weighted by Crippen LogP contribution is 2.09. The average Bonchev–Trinajstić information content (AvgIpc) is 2.25.